The fourth-order valence-corrected chi connectivity index (χ4v) is 8.83. The number of ether oxygens (including phenoxy) is 4. The molecule has 0 fully saturated rings. The monoisotopic (exact) mass is 935 g/mol. The van der Waals surface area contributed by atoms with Gasteiger partial charge >= 0.3 is 5.97 Å². The first-order valence-corrected chi connectivity index (χ1v) is 25.8. The molecule has 0 atom stereocenters. The summed E-state index contributed by atoms with van der Waals surface area (Å²) in [5.74, 6) is 1.92. The van der Waals surface area contributed by atoms with Crippen LogP contribution in [0.5, 0.6) is 23.0 Å². The number of carboxylic acid groups (broad SMARTS) is 1. The molecule has 0 amide bonds. The molecule has 0 saturated carbocycles. The Hall–Kier alpha value is -6.18. The highest BCUT2D eigenvalue weighted by Gasteiger charge is 2.19. The summed E-state index contributed by atoms with van der Waals surface area (Å²) in [5.41, 5.74) is 9.45. The van der Waals surface area contributed by atoms with Crippen molar-refractivity contribution in [3.05, 3.63) is 102 Å². The van der Waals surface area contributed by atoms with Crippen molar-refractivity contribution in [3.8, 4) is 73.6 Å². The molecule has 1 N–H and O–H groups in total. The van der Waals surface area contributed by atoms with E-state index in [1.165, 1.54) is 56.3 Å². The summed E-state index contributed by atoms with van der Waals surface area (Å²) in [6.07, 6.45) is 19.3. The number of nitriles is 1. The third-order valence-electron chi connectivity index (χ3n) is 12.1. The minimum atomic E-state index is -1.26. The highest BCUT2D eigenvalue weighted by molar-refractivity contribution is 7.00. The van der Waals surface area contributed by atoms with E-state index in [1.807, 2.05) is 24.3 Å². The van der Waals surface area contributed by atoms with Gasteiger partial charge in [0.05, 0.1) is 38.2 Å². The third-order valence-corrected chi connectivity index (χ3v) is 12.6. The van der Waals surface area contributed by atoms with E-state index in [2.05, 4.69) is 94.4 Å². The summed E-state index contributed by atoms with van der Waals surface area (Å²) >= 11 is 1.17. The van der Waals surface area contributed by atoms with Crippen LogP contribution in [0.1, 0.15) is 136 Å². The van der Waals surface area contributed by atoms with Crippen LogP contribution in [0.3, 0.4) is 0 Å². The first-order valence-electron chi connectivity index (χ1n) is 25.0. The van der Waals surface area contributed by atoms with Crippen molar-refractivity contribution < 1.29 is 28.8 Å². The summed E-state index contributed by atoms with van der Waals surface area (Å²) in [6, 6.07) is 32.5. The molecule has 0 spiro atoms. The molecule has 1 heterocycles. The molecule has 0 aliphatic heterocycles. The van der Waals surface area contributed by atoms with Gasteiger partial charge in [-0.25, -0.2) is 4.79 Å². The molecule has 9 nitrogen and oxygen atoms in total. The lowest BCUT2D eigenvalue weighted by atomic mass is 9.91. The Morgan fingerprint density at radius 1 is 0.515 bits per heavy atom. The quantitative estimate of drug-likeness (QED) is 0.0267. The summed E-state index contributed by atoms with van der Waals surface area (Å²) in [6.45, 7) is 11.4. The number of benzene rings is 5. The lowest BCUT2D eigenvalue weighted by molar-refractivity contribution is -0.132. The number of carbonyl (C=O) groups is 1. The van der Waals surface area contributed by atoms with E-state index in [0.717, 1.165) is 143 Å². The number of carboxylic acids is 1. The van der Waals surface area contributed by atoms with E-state index in [1.54, 1.807) is 6.07 Å². The number of hydrogen-bond acceptors (Lipinski definition) is 9. The first-order chi connectivity index (χ1) is 33.4. The number of nitrogens with zero attached hydrogens (tertiary/aromatic N) is 3. The van der Waals surface area contributed by atoms with Gasteiger partial charge in [0.2, 0.25) is 0 Å². The molecule has 6 rings (SSSR count). The molecule has 5 aromatic carbocycles. The van der Waals surface area contributed by atoms with Crippen LogP contribution in [0.4, 0.5) is 0 Å². The molecule has 0 radical (unpaired) electrons. The SMILES string of the molecule is CCCCCCOc1ccc(-c2cc(-c3ccc(OCCCCCC)cc3OCCCCCC)cc(-c3ccc(-c4ccc(/C=C(\C#N)C(=O)O)cc4)c4nsnc34)c2)c(OCCCCCC)c1. The van der Waals surface area contributed by atoms with Crippen molar-refractivity contribution in [2.24, 2.45) is 0 Å². The maximum absolute atomic E-state index is 11.5. The van der Waals surface area contributed by atoms with Crippen LogP contribution in [-0.2, 0) is 4.79 Å². The van der Waals surface area contributed by atoms with Crippen molar-refractivity contribution in [1.82, 2.24) is 8.75 Å². The largest absolute Gasteiger partial charge is 0.493 e. The maximum atomic E-state index is 11.5. The second-order valence-corrected chi connectivity index (χ2v) is 18.0. The molecule has 0 aliphatic rings. The Kier molecular flexibility index (Phi) is 20.8. The zero-order valence-corrected chi connectivity index (χ0v) is 41.4. The number of fused-ring (bicyclic) bond motifs is 1. The predicted octanol–water partition coefficient (Wildman–Crippen LogP) is 16.2. The molecular weight excluding hydrogens is 867 g/mol. The molecule has 0 unspecified atom stereocenters. The van der Waals surface area contributed by atoms with Crippen molar-refractivity contribution in [1.29, 1.82) is 5.26 Å². The fraction of sp³-hybridized carbons (Fsp3) is 0.414. The predicted molar refractivity (Wildman–Crippen MR) is 279 cm³/mol. The number of hydrogen-bond donors (Lipinski definition) is 1. The molecule has 68 heavy (non-hydrogen) atoms. The van der Waals surface area contributed by atoms with Crippen LogP contribution < -0.4 is 18.9 Å². The molecular formula is C58H69N3O6S. The maximum Gasteiger partial charge on any atom is 0.346 e. The minimum absolute atomic E-state index is 0.324. The van der Waals surface area contributed by atoms with Crippen molar-refractivity contribution >= 4 is 34.8 Å². The minimum Gasteiger partial charge on any atom is -0.493 e. The van der Waals surface area contributed by atoms with Gasteiger partial charge < -0.3 is 24.1 Å². The van der Waals surface area contributed by atoms with Crippen molar-refractivity contribution in [3.63, 3.8) is 0 Å². The van der Waals surface area contributed by atoms with Gasteiger partial charge in [-0.15, -0.1) is 0 Å². The molecule has 1 aromatic heterocycles. The van der Waals surface area contributed by atoms with Gasteiger partial charge in [-0.05, 0) is 102 Å². The molecule has 358 valence electrons. The van der Waals surface area contributed by atoms with Gasteiger partial charge in [0.1, 0.15) is 45.7 Å². The number of aromatic nitrogens is 2. The molecule has 0 aliphatic carbocycles. The molecule has 10 heteroatoms. The Balaban J connectivity index is 1.47. The van der Waals surface area contributed by atoms with Crippen LogP contribution >= 0.6 is 11.7 Å². The van der Waals surface area contributed by atoms with E-state index in [0.29, 0.717) is 32.0 Å². The lowest BCUT2D eigenvalue weighted by Crippen LogP contribution is -2.02. The first kappa shape index (κ1) is 51.2. The Labute approximate surface area is 408 Å². The highest BCUT2D eigenvalue weighted by atomic mass is 32.1. The normalized spacial score (nSPS) is 11.4. The van der Waals surface area contributed by atoms with Crippen LogP contribution in [-0.4, -0.2) is 46.3 Å². The summed E-state index contributed by atoms with van der Waals surface area (Å²) in [4.78, 5) is 11.5. The van der Waals surface area contributed by atoms with Crippen LogP contribution in [0, 0.1) is 11.3 Å². The second kappa shape index (κ2) is 27.6. The van der Waals surface area contributed by atoms with Crippen molar-refractivity contribution in [2.75, 3.05) is 26.4 Å². The topological polar surface area (TPSA) is 124 Å². The molecule has 0 bridgehead atoms. The van der Waals surface area contributed by atoms with Gasteiger partial charge in [0.15, 0.2) is 0 Å². The standard InChI is InChI=1S/C58H69N3O6S/c1-5-9-13-17-31-64-48-25-27-50(54(39-48)66-33-19-15-11-7-3)44-36-45(51-28-26-49(65-32-18-14-10-6-2)40-55(51)67-34-20-16-12-8-4)38-46(37-44)53-30-29-52(56-57(53)61-68-60-56)43-23-21-42(22-24-43)35-47(41-59)58(62)63/h21-30,35-40H,5-20,31-34H2,1-4H3,(H,62,63)/b47-35+. The van der Waals surface area contributed by atoms with Gasteiger partial charge in [-0.1, -0.05) is 141 Å². The van der Waals surface area contributed by atoms with Crippen LogP contribution in [0.15, 0.2) is 96.6 Å². The molecule has 6 aromatic rings. The smallest absolute Gasteiger partial charge is 0.346 e. The Morgan fingerprint density at radius 2 is 0.912 bits per heavy atom. The van der Waals surface area contributed by atoms with E-state index < -0.39 is 5.97 Å². The van der Waals surface area contributed by atoms with Gasteiger partial charge in [-0.3, -0.25) is 0 Å². The number of unbranched alkanes of at least 4 members (excludes halogenated alkanes) is 12. The average molecular weight is 936 g/mol. The highest BCUT2D eigenvalue weighted by Crippen LogP contribution is 2.43. The van der Waals surface area contributed by atoms with Crippen LogP contribution in [0.25, 0.3) is 61.6 Å². The van der Waals surface area contributed by atoms with E-state index in [9.17, 15) is 15.2 Å². The molecule has 0 saturated heterocycles. The van der Waals surface area contributed by atoms with E-state index in [4.69, 9.17) is 27.7 Å². The van der Waals surface area contributed by atoms with E-state index >= 15 is 0 Å². The summed E-state index contributed by atoms with van der Waals surface area (Å²) in [5, 5.41) is 18.7. The number of aliphatic carboxylic acids is 1. The zero-order valence-electron chi connectivity index (χ0n) is 40.6. The van der Waals surface area contributed by atoms with Gasteiger partial charge in [-0.2, -0.15) is 14.0 Å². The van der Waals surface area contributed by atoms with Gasteiger partial charge in [0, 0.05) is 34.4 Å². The lowest BCUT2D eigenvalue weighted by Gasteiger charge is -2.18. The summed E-state index contributed by atoms with van der Waals surface area (Å²) in [7, 11) is 0. The third kappa shape index (κ3) is 14.7. The van der Waals surface area contributed by atoms with E-state index in [-0.39, 0.29) is 5.57 Å². The van der Waals surface area contributed by atoms with Crippen LogP contribution in [0.2, 0.25) is 0 Å². The average Bonchev–Trinajstić information content (AvgIpc) is 3.86. The second-order valence-electron chi connectivity index (χ2n) is 17.5. The zero-order chi connectivity index (χ0) is 47.9. The number of rotatable bonds is 30. The van der Waals surface area contributed by atoms with Crippen molar-refractivity contribution in [2.45, 2.75) is 130 Å². The fourth-order valence-electron chi connectivity index (χ4n) is 8.25. The van der Waals surface area contributed by atoms with Gasteiger partial charge in [0.25, 0.3) is 0 Å². The Bertz CT molecular complexity index is 2500. The summed E-state index contributed by atoms with van der Waals surface area (Å²) < 4.78 is 35.7. The Morgan fingerprint density at radius 3 is 1.32 bits per heavy atom.